The molecule has 4 rings (SSSR count). The van der Waals surface area contributed by atoms with Gasteiger partial charge in [-0.25, -0.2) is 0 Å². The van der Waals surface area contributed by atoms with E-state index in [9.17, 15) is 4.79 Å². The second-order valence-corrected chi connectivity index (χ2v) is 7.57. The molecule has 1 aliphatic rings. The molecule has 1 atom stereocenters. The van der Waals surface area contributed by atoms with Crippen molar-refractivity contribution in [2.24, 2.45) is 0 Å². The maximum atomic E-state index is 13.2. The van der Waals surface area contributed by atoms with Gasteiger partial charge in [-0.15, -0.1) is 0 Å². The number of benzene rings is 3. The van der Waals surface area contributed by atoms with Crippen LogP contribution in [-0.2, 0) is 23.1 Å². The van der Waals surface area contributed by atoms with Crippen LogP contribution >= 0.6 is 23.2 Å². The number of nitrogens with one attached hydrogen (secondary N) is 1. The first-order chi connectivity index (χ1) is 12.6. The highest BCUT2D eigenvalue weighted by Crippen LogP contribution is 2.43. The molecular weight excluding hydrogens is 365 g/mol. The standard InChI is InChI=1S/C22H17Cl2NO/c23-17-8-4-7-16(11-17)14-22(13-15-5-2-1-3-6-15)19-10-9-18(24)12-20(19)25-21(22)26/h1-12H,13-14H2,(H,25,26). The number of anilines is 1. The minimum atomic E-state index is -0.689. The van der Waals surface area contributed by atoms with E-state index < -0.39 is 5.41 Å². The number of carbonyl (C=O) groups is 1. The first-order valence-electron chi connectivity index (χ1n) is 8.47. The molecule has 1 N–H and O–H groups in total. The van der Waals surface area contributed by atoms with Crippen LogP contribution in [0.4, 0.5) is 5.69 Å². The lowest BCUT2D eigenvalue weighted by Crippen LogP contribution is -2.39. The fourth-order valence-corrected chi connectivity index (χ4v) is 4.14. The van der Waals surface area contributed by atoms with Gasteiger partial charge in [0.25, 0.3) is 0 Å². The minimum absolute atomic E-state index is 0.00130. The van der Waals surface area contributed by atoms with E-state index in [4.69, 9.17) is 23.2 Å². The molecule has 26 heavy (non-hydrogen) atoms. The van der Waals surface area contributed by atoms with Crippen LogP contribution in [0.3, 0.4) is 0 Å². The SMILES string of the molecule is O=C1Nc2cc(Cl)ccc2C1(Cc1ccccc1)Cc1cccc(Cl)c1. The summed E-state index contributed by atoms with van der Waals surface area (Å²) >= 11 is 12.3. The second-order valence-electron chi connectivity index (χ2n) is 6.70. The number of halogens is 2. The monoisotopic (exact) mass is 381 g/mol. The Hall–Kier alpha value is -2.29. The molecule has 1 unspecified atom stereocenters. The van der Waals surface area contributed by atoms with Gasteiger partial charge in [0.1, 0.15) is 0 Å². The van der Waals surface area contributed by atoms with Crippen LogP contribution in [0.1, 0.15) is 16.7 Å². The third kappa shape index (κ3) is 3.11. The summed E-state index contributed by atoms with van der Waals surface area (Å²) in [5, 5.41) is 4.31. The van der Waals surface area contributed by atoms with Crippen LogP contribution in [0.5, 0.6) is 0 Å². The zero-order valence-corrected chi connectivity index (χ0v) is 15.5. The van der Waals surface area contributed by atoms with Crippen molar-refractivity contribution < 1.29 is 4.79 Å². The van der Waals surface area contributed by atoms with Crippen molar-refractivity contribution in [2.45, 2.75) is 18.3 Å². The van der Waals surface area contributed by atoms with E-state index in [2.05, 4.69) is 17.4 Å². The van der Waals surface area contributed by atoms with Crippen molar-refractivity contribution in [1.29, 1.82) is 0 Å². The maximum Gasteiger partial charge on any atom is 0.235 e. The topological polar surface area (TPSA) is 29.1 Å². The first-order valence-corrected chi connectivity index (χ1v) is 9.22. The summed E-state index contributed by atoms with van der Waals surface area (Å²) in [6, 6.07) is 23.4. The number of hydrogen-bond donors (Lipinski definition) is 1. The van der Waals surface area contributed by atoms with Gasteiger partial charge in [0.15, 0.2) is 0 Å². The Bertz CT molecular complexity index is 971. The molecule has 0 aliphatic carbocycles. The number of carbonyl (C=O) groups excluding carboxylic acids is 1. The van der Waals surface area contributed by atoms with Crippen molar-refractivity contribution >= 4 is 34.8 Å². The van der Waals surface area contributed by atoms with Crippen LogP contribution in [0.2, 0.25) is 10.0 Å². The first kappa shape index (κ1) is 17.1. The summed E-state index contributed by atoms with van der Waals surface area (Å²) in [5.74, 6) is -0.00130. The van der Waals surface area contributed by atoms with E-state index in [0.717, 1.165) is 22.4 Å². The molecule has 1 amide bonds. The average Bonchev–Trinajstić information content (AvgIpc) is 2.86. The molecule has 130 valence electrons. The Morgan fingerprint density at radius 2 is 1.46 bits per heavy atom. The van der Waals surface area contributed by atoms with Crippen LogP contribution in [0.25, 0.3) is 0 Å². The summed E-state index contributed by atoms with van der Waals surface area (Å²) in [5.41, 5.74) is 3.24. The highest BCUT2D eigenvalue weighted by molar-refractivity contribution is 6.31. The van der Waals surface area contributed by atoms with E-state index in [0.29, 0.717) is 22.9 Å². The van der Waals surface area contributed by atoms with Gasteiger partial charge >= 0.3 is 0 Å². The van der Waals surface area contributed by atoms with E-state index in [1.807, 2.05) is 60.7 Å². The molecule has 0 saturated carbocycles. The minimum Gasteiger partial charge on any atom is -0.325 e. The largest absolute Gasteiger partial charge is 0.325 e. The molecule has 0 fully saturated rings. The Morgan fingerprint density at radius 3 is 2.23 bits per heavy atom. The Balaban J connectivity index is 1.84. The maximum absolute atomic E-state index is 13.2. The molecule has 0 spiro atoms. The molecule has 1 aliphatic heterocycles. The number of rotatable bonds is 4. The van der Waals surface area contributed by atoms with Gasteiger partial charge in [-0.2, -0.15) is 0 Å². The van der Waals surface area contributed by atoms with Crippen molar-refractivity contribution in [3.05, 3.63) is 99.5 Å². The summed E-state index contributed by atoms with van der Waals surface area (Å²) in [7, 11) is 0. The number of amides is 1. The summed E-state index contributed by atoms with van der Waals surface area (Å²) in [6.07, 6.45) is 1.18. The molecule has 1 heterocycles. The van der Waals surface area contributed by atoms with E-state index in [1.54, 1.807) is 0 Å². The number of fused-ring (bicyclic) bond motifs is 1. The third-order valence-corrected chi connectivity index (χ3v) is 5.39. The van der Waals surface area contributed by atoms with Crippen molar-refractivity contribution in [2.75, 3.05) is 5.32 Å². The summed E-state index contributed by atoms with van der Waals surface area (Å²) < 4.78 is 0. The van der Waals surface area contributed by atoms with Gasteiger partial charge in [0.2, 0.25) is 5.91 Å². The fourth-order valence-electron chi connectivity index (χ4n) is 3.75. The molecule has 4 heteroatoms. The molecular formula is C22H17Cl2NO. The van der Waals surface area contributed by atoms with E-state index in [1.165, 1.54) is 0 Å². The van der Waals surface area contributed by atoms with Gasteiger partial charge in [-0.05, 0) is 53.8 Å². The predicted octanol–water partition coefficient (Wildman–Crippen LogP) is 5.67. The van der Waals surface area contributed by atoms with Crippen LogP contribution in [0, 0.1) is 0 Å². The smallest absolute Gasteiger partial charge is 0.235 e. The van der Waals surface area contributed by atoms with E-state index >= 15 is 0 Å². The van der Waals surface area contributed by atoms with Gasteiger partial charge in [0.05, 0.1) is 5.41 Å². The predicted molar refractivity (Wildman–Crippen MR) is 107 cm³/mol. The lowest BCUT2D eigenvalue weighted by molar-refractivity contribution is -0.120. The molecule has 0 radical (unpaired) electrons. The lowest BCUT2D eigenvalue weighted by Gasteiger charge is -2.28. The lowest BCUT2D eigenvalue weighted by atomic mass is 9.72. The molecule has 2 nitrogen and oxygen atoms in total. The molecule has 3 aromatic carbocycles. The number of hydrogen-bond acceptors (Lipinski definition) is 1. The quantitative estimate of drug-likeness (QED) is 0.619. The van der Waals surface area contributed by atoms with E-state index in [-0.39, 0.29) is 5.91 Å². The zero-order chi connectivity index (χ0) is 18.1. The molecule has 0 saturated heterocycles. The normalized spacial score (nSPS) is 18.5. The second kappa shape index (κ2) is 6.79. The van der Waals surface area contributed by atoms with Crippen LogP contribution in [0.15, 0.2) is 72.8 Å². The van der Waals surface area contributed by atoms with Crippen LogP contribution in [-0.4, -0.2) is 5.91 Å². The molecule has 3 aromatic rings. The van der Waals surface area contributed by atoms with Gasteiger partial charge in [-0.1, -0.05) is 71.7 Å². The Kier molecular flexibility index (Phi) is 4.47. The van der Waals surface area contributed by atoms with Crippen LogP contribution < -0.4 is 5.32 Å². The Morgan fingerprint density at radius 1 is 0.769 bits per heavy atom. The van der Waals surface area contributed by atoms with Gasteiger partial charge in [-0.3, -0.25) is 4.79 Å². The zero-order valence-electron chi connectivity index (χ0n) is 14.0. The van der Waals surface area contributed by atoms with Crippen molar-refractivity contribution in [3.8, 4) is 0 Å². The summed E-state index contributed by atoms with van der Waals surface area (Å²) in [4.78, 5) is 13.2. The molecule has 0 aromatic heterocycles. The average molecular weight is 382 g/mol. The van der Waals surface area contributed by atoms with Gasteiger partial charge in [0, 0.05) is 15.7 Å². The van der Waals surface area contributed by atoms with Crippen molar-refractivity contribution in [1.82, 2.24) is 0 Å². The fraction of sp³-hybridized carbons (Fsp3) is 0.136. The third-order valence-electron chi connectivity index (χ3n) is 4.92. The van der Waals surface area contributed by atoms with Crippen molar-refractivity contribution in [3.63, 3.8) is 0 Å². The summed E-state index contributed by atoms with van der Waals surface area (Å²) in [6.45, 7) is 0. The Labute approximate surface area is 162 Å². The van der Waals surface area contributed by atoms with Gasteiger partial charge < -0.3 is 5.32 Å². The highest BCUT2D eigenvalue weighted by atomic mass is 35.5. The highest BCUT2D eigenvalue weighted by Gasteiger charge is 2.46. The molecule has 0 bridgehead atoms.